The van der Waals surface area contributed by atoms with Crippen LogP contribution in [0.25, 0.3) is 0 Å². The van der Waals surface area contributed by atoms with Gasteiger partial charge in [0.15, 0.2) is 0 Å². The van der Waals surface area contributed by atoms with Crippen LogP contribution in [0.5, 0.6) is 0 Å². The van der Waals surface area contributed by atoms with Gasteiger partial charge in [-0.3, -0.25) is 9.69 Å². The highest BCUT2D eigenvalue weighted by molar-refractivity contribution is 6.31. The van der Waals surface area contributed by atoms with E-state index in [2.05, 4.69) is 5.32 Å². The molecule has 1 N–H and O–H groups in total. The molecule has 1 aromatic carbocycles. The summed E-state index contributed by atoms with van der Waals surface area (Å²) in [6.45, 7) is 3.28. The lowest BCUT2D eigenvalue weighted by Crippen LogP contribution is -2.40. The van der Waals surface area contributed by atoms with Crippen LogP contribution >= 0.6 is 11.6 Å². The summed E-state index contributed by atoms with van der Waals surface area (Å²) >= 11 is 5.86. The van der Waals surface area contributed by atoms with E-state index in [0.29, 0.717) is 5.56 Å². The van der Waals surface area contributed by atoms with E-state index in [1.807, 2.05) is 0 Å². The topological polar surface area (TPSA) is 49.4 Å². The second-order valence-corrected chi connectivity index (χ2v) is 5.09. The van der Waals surface area contributed by atoms with Crippen LogP contribution < -0.4 is 5.32 Å². The molecule has 0 atom stereocenters. The van der Waals surface area contributed by atoms with Crippen LogP contribution in [0.1, 0.15) is 19.4 Å². The van der Waals surface area contributed by atoms with Gasteiger partial charge in [0.25, 0.3) is 5.91 Å². The Balaban J connectivity index is 2.24. The summed E-state index contributed by atoms with van der Waals surface area (Å²) in [7, 11) is 0. The maximum Gasteiger partial charge on any atom is 0.325 e. The van der Waals surface area contributed by atoms with E-state index in [1.54, 1.807) is 13.8 Å². The molecule has 1 aromatic rings. The Morgan fingerprint density at radius 2 is 2.06 bits per heavy atom. The fourth-order valence-electron chi connectivity index (χ4n) is 1.78. The third kappa shape index (κ3) is 2.18. The zero-order chi connectivity index (χ0) is 13.5. The van der Waals surface area contributed by atoms with Crippen LogP contribution in [-0.2, 0) is 11.3 Å². The molecule has 1 aliphatic heterocycles. The molecule has 0 bridgehead atoms. The third-order valence-corrected chi connectivity index (χ3v) is 3.14. The SMILES string of the molecule is CC1(C)NC(=O)N(Cc2ccc(F)cc2Cl)C1=O. The molecule has 6 heteroatoms. The van der Waals surface area contributed by atoms with Gasteiger partial charge in [0, 0.05) is 5.02 Å². The van der Waals surface area contributed by atoms with Crippen molar-refractivity contribution in [3.05, 3.63) is 34.6 Å². The van der Waals surface area contributed by atoms with Gasteiger partial charge >= 0.3 is 6.03 Å². The summed E-state index contributed by atoms with van der Waals surface area (Å²) in [5, 5.41) is 2.76. The van der Waals surface area contributed by atoms with Gasteiger partial charge in [-0.25, -0.2) is 9.18 Å². The van der Waals surface area contributed by atoms with Crippen molar-refractivity contribution in [2.45, 2.75) is 25.9 Å². The number of benzene rings is 1. The first-order valence-electron chi connectivity index (χ1n) is 5.39. The molecule has 0 spiro atoms. The lowest BCUT2D eigenvalue weighted by Gasteiger charge is -2.16. The maximum atomic E-state index is 12.9. The van der Waals surface area contributed by atoms with Crippen molar-refractivity contribution < 1.29 is 14.0 Å². The predicted octanol–water partition coefficient (Wildman–Crippen LogP) is 2.31. The number of nitrogens with one attached hydrogen (secondary N) is 1. The molecule has 0 aliphatic carbocycles. The van der Waals surface area contributed by atoms with E-state index in [-0.39, 0.29) is 17.5 Å². The summed E-state index contributed by atoms with van der Waals surface area (Å²) in [5.41, 5.74) is -0.386. The summed E-state index contributed by atoms with van der Waals surface area (Å²) < 4.78 is 12.9. The van der Waals surface area contributed by atoms with Gasteiger partial charge in [0.05, 0.1) is 6.54 Å². The number of carbonyl (C=O) groups excluding carboxylic acids is 2. The Morgan fingerprint density at radius 1 is 1.39 bits per heavy atom. The number of amides is 3. The molecule has 0 aromatic heterocycles. The largest absolute Gasteiger partial charge is 0.325 e. The van der Waals surface area contributed by atoms with Gasteiger partial charge in [-0.2, -0.15) is 0 Å². The van der Waals surface area contributed by atoms with Crippen LogP contribution in [0.2, 0.25) is 5.02 Å². The van der Waals surface area contributed by atoms with Gasteiger partial charge in [-0.1, -0.05) is 17.7 Å². The van der Waals surface area contributed by atoms with Crippen molar-refractivity contribution in [3.63, 3.8) is 0 Å². The fraction of sp³-hybridized carbons (Fsp3) is 0.333. The first-order chi connectivity index (χ1) is 8.31. The Hall–Kier alpha value is -1.62. The average Bonchev–Trinajstić information content (AvgIpc) is 2.44. The van der Waals surface area contributed by atoms with Crippen LogP contribution in [0.3, 0.4) is 0 Å². The molecule has 1 heterocycles. The van der Waals surface area contributed by atoms with Crippen molar-refractivity contribution in [1.29, 1.82) is 0 Å². The summed E-state index contributed by atoms with van der Waals surface area (Å²) in [6.07, 6.45) is 0. The monoisotopic (exact) mass is 270 g/mol. The minimum atomic E-state index is -0.913. The van der Waals surface area contributed by atoms with E-state index in [4.69, 9.17) is 11.6 Å². The van der Waals surface area contributed by atoms with Gasteiger partial charge in [0.1, 0.15) is 11.4 Å². The van der Waals surface area contributed by atoms with Gasteiger partial charge in [-0.15, -0.1) is 0 Å². The average molecular weight is 271 g/mol. The van der Waals surface area contributed by atoms with Gasteiger partial charge < -0.3 is 5.32 Å². The van der Waals surface area contributed by atoms with Crippen LogP contribution in [0.4, 0.5) is 9.18 Å². The zero-order valence-electron chi connectivity index (χ0n) is 9.96. The van der Waals surface area contributed by atoms with Crippen molar-refractivity contribution >= 4 is 23.5 Å². The summed E-state index contributed by atoms with van der Waals surface area (Å²) in [6, 6.07) is 3.39. The minimum absolute atomic E-state index is 0.0349. The molecule has 0 saturated carbocycles. The standard InChI is InChI=1S/C12H12ClFN2O2/c1-12(2)10(17)16(11(18)15-12)6-7-3-4-8(14)5-9(7)13/h3-5H,6H2,1-2H3,(H,15,18). The number of urea groups is 1. The molecule has 18 heavy (non-hydrogen) atoms. The molecular weight excluding hydrogens is 259 g/mol. The Bertz CT molecular complexity index is 531. The van der Waals surface area contributed by atoms with Crippen LogP contribution in [0, 0.1) is 5.82 Å². The minimum Gasteiger partial charge on any atom is -0.324 e. The van der Waals surface area contributed by atoms with E-state index >= 15 is 0 Å². The highest BCUT2D eigenvalue weighted by atomic mass is 35.5. The summed E-state index contributed by atoms with van der Waals surface area (Å²) in [4.78, 5) is 24.7. The third-order valence-electron chi connectivity index (χ3n) is 2.79. The molecule has 2 rings (SSSR count). The number of carbonyl (C=O) groups is 2. The van der Waals surface area contributed by atoms with Gasteiger partial charge in [-0.05, 0) is 31.5 Å². The molecule has 3 amide bonds. The second kappa shape index (κ2) is 4.24. The van der Waals surface area contributed by atoms with Crippen molar-refractivity contribution in [1.82, 2.24) is 10.2 Å². The maximum absolute atomic E-state index is 12.9. The number of hydrogen-bond donors (Lipinski definition) is 1. The first-order valence-corrected chi connectivity index (χ1v) is 5.77. The molecule has 96 valence electrons. The zero-order valence-corrected chi connectivity index (χ0v) is 10.7. The molecule has 4 nitrogen and oxygen atoms in total. The van der Waals surface area contributed by atoms with Crippen LogP contribution in [-0.4, -0.2) is 22.4 Å². The molecule has 1 fully saturated rings. The first kappa shape index (κ1) is 12.8. The summed E-state index contributed by atoms with van der Waals surface area (Å²) in [5.74, 6) is -0.783. The molecule has 1 saturated heterocycles. The Kier molecular flexibility index (Phi) is 3.02. The lowest BCUT2D eigenvalue weighted by molar-refractivity contribution is -0.130. The molecular formula is C12H12ClFN2O2. The van der Waals surface area contributed by atoms with Crippen molar-refractivity contribution in [3.8, 4) is 0 Å². The molecule has 0 radical (unpaired) electrons. The van der Waals surface area contributed by atoms with Crippen molar-refractivity contribution in [2.75, 3.05) is 0 Å². The highest BCUT2D eigenvalue weighted by Gasteiger charge is 2.44. The number of hydrogen-bond acceptors (Lipinski definition) is 2. The van der Waals surface area contributed by atoms with Crippen molar-refractivity contribution in [2.24, 2.45) is 0 Å². The number of imide groups is 1. The van der Waals surface area contributed by atoms with E-state index in [1.165, 1.54) is 12.1 Å². The van der Waals surface area contributed by atoms with E-state index < -0.39 is 17.4 Å². The van der Waals surface area contributed by atoms with E-state index in [9.17, 15) is 14.0 Å². The molecule has 1 aliphatic rings. The number of halogens is 2. The Morgan fingerprint density at radius 3 is 2.56 bits per heavy atom. The highest BCUT2D eigenvalue weighted by Crippen LogP contribution is 2.23. The fourth-order valence-corrected chi connectivity index (χ4v) is 2.01. The Labute approximate surface area is 109 Å². The van der Waals surface area contributed by atoms with Gasteiger partial charge in [0.2, 0.25) is 0 Å². The molecule has 0 unspecified atom stereocenters. The predicted molar refractivity (Wildman–Crippen MR) is 64.6 cm³/mol. The van der Waals surface area contributed by atoms with E-state index in [0.717, 1.165) is 11.0 Å². The van der Waals surface area contributed by atoms with Crippen LogP contribution in [0.15, 0.2) is 18.2 Å². The number of rotatable bonds is 2. The normalized spacial score (nSPS) is 18.1. The quantitative estimate of drug-likeness (QED) is 0.839. The smallest absolute Gasteiger partial charge is 0.324 e. The number of nitrogens with zero attached hydrogens (tertiary/aromatic N) is 1. The second-order valence-electron chi connectivity index (χ2n) is 4.68. The lowest BCUT2D eigenvalue weighted by atomic mass is 10.1.